The first-order chi connectivity index (χ1) is 19.6. The Bertz CT molecular complexity index is 1360. The number of benzene rings is 2. The summed E-state index contributed by atoms with van der Waals surface area (Å²) >= 11 is 0. The fraction of sp³-hybridized carbons (Fsp3) is 0.581. The molecule has 0 fully saturated rings. The van der Waals surface area contributed by atoms with E-state index in [0.29, 0.717) is 0 Å². The lowest BCUT2D eigenvalue weighted by molar-refractivity contribution is 0.466. The topological polar surface area (TPSA) is 127 Å². The summed E-state index contributed by atoms with van der Waals surface area (Å²) < 4.78 is 66.1. The lowest BCUT2D eigenvalue weighted by Gasteiger charge is -2.07. The maximum atomic E-state index is 11.6. The van der Waals surface area contributed by atoms with Crippen molar-refractivity contribution in [1.29, 1.82) is 0 Å². The van der Waals surface area contributed by atoms with Gasteiger partial charge in [0, 0.05) is 0 Å². The number of hydrogen-bond donors (Lipinski definition) is 2. The molecule has 0 radical (unpaired) electrons. The number of rotatable bonds is 18. The monoisotopic (exact) mass is 608 g/mol. The van der Waals surface area contributed by atoms with Crippen molar-refractivity contribution in [3.05, 3.63) is 54.1 Å². The number of para-hydroxylation sites is 1. The molecule has 10 heteroatoms. The quantitative estimate of drug-likeness (QED) is 0.110. The molecule has 3 rings (SSSR count). The molecule has 0 aliphatic carbocycles. The van der Waals surface area contributed by atoms with Gasteiger partial charge in [0.25, 0.3) is 15.3 Å². The molecule has 0 bridgehead atoms. The molecular weight excluding hydrogens is 560 g/mol. The molecule has 0 spiro atoms. The SMILES string of the molecule is CCCCCCCCCCCCCCCCC.O=S(=O)(O)c1cccc2c1nc(S(=O)(=O)O)n2Cc1ccccc1. The van der Waals surface area contributed by atoms with Crippen LogP contribution in [0.2, 0.25) is 0 Å². The van der Waals surface area contributed by atoms with Gasteiger partial charge in [0.2, 0.25) is 0 Å². The minimum atomic E-state index is -4.70. The van der Waals surface area contributed by atoms with Gasteiger partial charge < -0.3 is 4.57 Å². The average molecular weight is 609 g/mol. The minimum Gasteiger partial charge on any atom is -0.308 e. The summed E-state index contributed by atoms with van der Waals surface area (Å²) in [6.45, 7) is 4.63. The van der Waals surface area contributed by atoms with Crippen LogP contribution >= 0.6 is 0 Å². The fourth-order valence-electron chi connectivity index (χ4n) is 4.87. The fourth-order valence-corrected chi connectivity index (χ4v) is 6.16. The van der Waals surface area contributed by atoms with E-state index in [9.17, 15) is 25.9 Å². The highest BCUT2D eigenvalue weighted by Gasteiger charge is 2.25. The molecule has 1 heterocycles. The van der Waals surface area contributed by atoms with Gasteiger partial charge in [-0.1, -0.05) is 147 Å². The second-order valence-corrected chi connectivity index (χ2v) is 13.3. The first kappa shape index (κ1) is 34.9. The Hall–Kier alpha value is -2.27. The third kappa shape index (κ3) is 12.6. The standard InChI is InChI=1S/C17H36.C14H12N2O6S2/c1-3-5-7-9-11-13-15-17-16-14-12-10-8-6-4-2;17-23(18,19)12-8-4-7-11-13(12)15-14(24(20,21)22)16(11)9-10-5-2-1-3-6-10/h3-17H2,1-2H3;1-8H,9H2,(H,17,18,19)(H,20,21,22). The summed E-state index contributed by atoms with van der Waals surface area (Å²) in [7, 11) is -9.31. The molecule has 0 amide bonds. The molecule has 2 N–H and O–H groups in total. The van der Waals surface area contributed by atoms with Gasteiger partial charge in [-0.15, -0.1) is 0 Å². The normalized spacial score (nSPS) is 11.9. The van der Waals surface area contributed by atoms with Crippen molar-refractivity contribution in [3.8, 4) is 0 Å². The molecule has 8 nitrogen and oxygen atoms in total. The predicted molar refractivity (Wildman–Crippen MR) is 166 cm³/mol. The van der Waals surface area contributed by atoms with Gasteiger partial charge in [0.15, 0.2) is 0 Å². The van der Waals surface area contributed by atoms with E-state index in [4.69, 9.17) is 0 Å². The lowest BCUT2D eigenvalue weighted by Crippen LogP contribution is -2.10. The van der Waals surface area contributed by atoms with Crippen molar-refractivity contribution < 1.29 is 25.9 Å². The molecule has 0 unspecified atom stereocenters. The van der Waals surface area contributed by atoms with E-state index < -0.39 is 30.3 Å². The van der Waals surface area contributed by atoms with Gasteiger partial charge in [-0.05, 0) is 17.7 Å². The molecule has 0 aliphatic rings. The molecule has 0 saturated carbocycles. The first-order valence-corrected chi connectivity index (χ1v) is 18.0. The summed E-state index contributed by atoms with van der Waals surface area (Å²) in [4.78, 5) is 3.20. The highest BCUT2D eigenvalue weighted by Crippen LogP contribution is 2.26. The number of imidazole rings is 1. The van der Waals surface area contributed by atoms with Crippen molar-refractivity contribution in [3.63, 3.8) is 0 Å². The van der Waals surface area contributed by atoms with E-state index >= 15 is 0 Å². The van der Waals surface area contributed by atoms with Crippen LogP contribution < -0.4 is 0 Å². The van der Waals surface area contributed by atoms with Crippen molar-refractivity contribution in [2.45, 2.75) is 127 Å². The molecule has 2 aromatic carbocycles. The Balaban J connectivity index is 0.000000307. The Morgan fingerprint density at radius 3 is 1.49 bits per heavy atom. The van der Waals surface area contributed by atoms with E-state index in [1.807, 2.05) is 0 Å². The highest BCUT2D eigenvalue weighted by atomic mass is 32.2. The molecule has 0 atom stereocenters. The number of fused-ring (bicyclic) bond motifs is 1. The van der Waals surface area contributed by atoms with Crippen LogP contribution in [0.25, 0.3) is 11.0 Å². The largest absolute Gasteiger partial charge is 0.328 e. The zero-order valence-corrected chi connectivity index (χ0v) is 26.3. The van der Waals surface area contributed by atoms with Crippen molar-refractivity contribution in [2.24, 2.45) is 0 Å². The smallest absolute Gasteiger partial charge is 0.308 e. The summed E-state index contributed by atoms with van der Waals surface area (Å²) in [5, 5.41) is -0.697. The van der Waals surface area contributed by atoms with Gasteiger partial charge in [-0.25, -0.2) is 4.98 Å². The Morgan fingerprint density at radius 1 is 0.610 bits per heavy atom. The van der Waals surface area contributed by atoms with Crippen LogP contribution in [0.1, 0.15) is 116 Å². The van der Waals surface area contributed by atoms with E-state index in [2.05, 4.69) is 18.8 Å². The van der Waals surface area contributed by atoms with Crippen LogP contribution in [0, 0.1) is 0 Å². The van der Waals surface area contributed by atoms with Crippen molar-refractivity contribution in [1.82, 2.24) is 9.55 Å². The minimum absolute atomic E-state index is 0.0430. The highest BCUT2D eigenvalue weighted by molar-refractivity contribution is 7.86. The zero-order chi connectivity index (χ0) is 30.1. The van der Waals surface area contributed by atoms with Gasteiger partial charge in [0.1, 0.15) is 10.4 Å². The molecule has 1 aromatic heterocycles. The zero-order valence-electron chi connectivity index (χ0n) is 24.7. The molecular formula is C31H48N2O6S2. The molecule has 3 aromatic rings. The van der Waals surface area contributed by atoms with Crippen LogP contribution in [-0.4, -0.2) is 35.5 Å². The summed E-state index contributed by atoms with van der Waals surface area (Å²) in [5.41, 5.74) is 0.643. The second-order valence-electron chi connectivity index (χ2n) is 10.6. The van der Waals surface area contributed by atoms with Crippen LogP contribution in [-0.2, 0) is 26.8 Å². The Morgan fingerprint density at radius 2 is 1.07 bits per heavy atom. The number of aromatic nitrogens is 2. The molecule has 0 saturated heterocycles. The van der Waals surface area contributed by atoms with Crippen LogP contribution in [0.15, 0.2) is 58.6 Å². The summed E-state index contributed by atoms with van der Waals surface area (Å²) in [6.07, 6.45) is 21.9. The maximum absolute atomic E-state index is 11.6. The molecule has 41 heavy (non-hydrogen) atoms. The lowest BCUT2D eigenvalue weighted by atomic mass is 10.0. The second kappa shape index (κ2) is 18.3. The maximum Gasteiger partial charge on any atom is 0.328 e. The van der Waals surface area contributed by atoms with Crippen LogP contribution in [0.3, 0.4) is 0 Å². The van der Waals surface area contributed by atoms with Crippen molar-refractivity contribution >= 4 is 31.3 Å². The molecule has 0 aliphatic heterocycles. The van der Waals surface area contributed by atoms with Gasteiger partial charge in [-0.2, -0.15) is 16.8 Å². The third-order valence-corrected chi connectivity index (χ3v) is 8.76. The van der Waals surface area contributed by atoms with Gasteiger partial charge in [0.05, 0.1) is 12.1 Å². The van der Waals surface area contributed by atoms with Gasteiger partial charge in [-0.3, -0.25) is 9.11 Å². The number of hydrogen-bond acceptors (Lipinski definition) is 5. The van der Waals surface area contributed by atoms with E-state index in [0.717, 1.165) is 11.6 Å². The molecule has 230 valence electrons. The van der Waals surface area contributed by atoms with E-state index in [1.165, 1.54) is 113 Å². The number of unbranched alkanes of at least 4 members (excludes halogenated alkanes) is 14. The Kier molecular flexibility index (Phi) is 15.6. The van der Waals surface area contributed by atoms with Crippen LogP contribution in [0.5, 0.6) is 0 Å². The Labute approximate surface area is 247 Å². The summed E-state index contributed by atoms with van der Waals surface area (Å²) in [5.74, 6) is 0. The number of nitrogens with zero attached hydrogens (tertiary/aromatic N) is 2. The van der Waals surface area contributed by atoms with E-state index in [-0.39, 0.29) is 17.6 Å². The first-order valence-electron chi connectivity index (χ1n) is 15.1. The van der Waals surface area contributed by atoms with E-state index in [1.54, 1.807) is 30.3 Å². The van der Waals surface area contributed by atoms with Gasteiger partial charge >= 0.3 is 10.1 Å². The average Bonchev–Trinajstić information content (AvgIpc) is 3.31. The third-order valence-electron chi connectivity index (χ3n) is 7.11. The van der Waals surface area contributed by atoms with Crippen LogP contribution in [0.4, 0.5) is 0 Å². The summed E-state index contributed by atoms with van der Waals surface area (Å²) in [6, 6.07) is 12.7. The van der Waals surface area contributed by atoms with Crippen molar-refractivity contribution in [2.75, 3.05) is 0 Å². The predicted octanol–water partition coefficient (Wildman–Crippen LogP) is 8.46.